The molecule has 11 nitrogen and oxygen atoms in total. The van der Waals surface area contributed by atoms with Crippen LogP contribution in [0.3, 0.4) is 0 Å². The molecule has 0 spiro atoms. The Bertz CT molecular complexity index is 1450. The van der Waals surface area contributed by atoms with Crippen molar-refractivity contribution in [3.05, 3.63) is 64.4 Å². The number of ether oxygens (including phenoxy) is 1. The molecule has 3 N–H and O–H groups in total. The molecule has 2 amide bonds. The van der Waals surface area contributed by atoms with E-state index >= 15 is 0 Å². The molecule has 0 unspecified atom stereocenters. The van der Waals surface area contributed by atoms with E-state index < -0.39 is 12.1 Å². The van der Waals surface area contributed by atoms with Crippen LogP contribution in [-0.4, -0.2) is 82.3 Å². The summed E-state index contributed by atoms with van der Waals surface area (Å²) in [5.74, 6) is 0.602. The van der Waals surface area contributed by atoms with E-state index in [9.17, 15) is 14.7 Å². The number of pyridine rings is 1. The van der Waals surface area contributed by atoms with E-state index in [1.807, 2.05) is 37.1 Å². The number of aliphatic hydroxyl groups is 1. The number of aliphatic hydroxyl groups excluding tert-OH is 1. The molecule has 2 atom stereocenters. The first-order chi connectivity index (χ1) is 20.3. The molecule has 4 heterocycles. The van der Waals surface area contributed by atoms with Crippen molar-refractivity contribution in [3.63, 3.8) is 0 Å². The molecule has 0 saturated carbocycles. The number of benzene rings is 1. The van der Waals surface area contributed by atoms with Crippen LogP contribution in [0.2, 0.25) is 5.02 Å². The van der Waals surface area contributed by atoms with Crippen molar-refractivity contribution in [2.45, 2.75) is 51.4 Å². The largest absolute Gasteiger partial charge is 0.394 e. The SMILES string of the molecule is CCN(C)c1cc([C@@H](CO)NC(=O)[C@@H](C)N2Cc3ccc(-c4nc(NC5CCOCC5)ncc4Cl)cc3C2=O)ccn1. The number of aromatic nitrogens is 3. The third-order valence-electron chi connectivity index (χ3n) is 7.90. The normalized spacial score (nSPS) is 16.6. The molecular formula is C30H36ClN7O4. The number of carbonyl (C=O) groups is 2. The predicted molar refractivity (Wildman–Crippen MR) is 160 cm³/mol. The number of anilines is 2. The smallest absolute Gasteiger partial charge is 0.255 e. The van der Waals surface area contributed by atoms with Gasteiger partial charge in [-0.1, -0.05) is 23.7 Å². The summed E-state index contributed by atoms with van der Waals surface area (Å²) in [5, 5.41) is 16.7. The van der Waals surface area contributed by atoms with Crippen LogP contribution in [0.4, 0.5) is 11.8 Å². The summed E-state index contributed by atoms with van der Waals surface area (Å²) >= 11 is 6.48. The molecule has 1 fully saturated rings. The third-order valence-corrected chi connectivity index (χ3v) is 8.17. The van der Waals surface area contributed by atoms with Gasteiger partial charge < -0.3 is 30.3 Å². The maximum atomic E-state index is 13.5. The minimum absolute atomic E-state index is 0.222. The lowest BCUT2D eigenvalue weighted by molar-refractivity contribution is -0.126. The van der Waals surface area contributed by atoms with E-state index in [1.165, 1.54) is 4.90 Å². The van der Waals surface area contributed by atoms with Gasteiger partial charge in [0.25, 0.3) is 5.91 Å². The minimum atomic E-state index is -0.764. The molecule has 0 radical (unpaired) electrons. The molecule has 42 heavy (non-hydrogen) atoms. The quantitative estimate of drug-likeness (QED) is 0.323. The Labute approximate surface area is 250 Å². The van der Waals surface area contributed by atoms with Crippen LogP contribution in [0.25, 0.3) is 11.3 Å². The Balaban J connectivity index is 1.29. The van der Waals surface area contributed by atoms with Gasteiger partial charge in [-0.2, -0.15) is 0 Å². The van der Waals surface area contributed by atoms with E-state index in [1.54, 1.807) is 31.5 Å². The Morgan fingerprint density at radius 1 is 1.24 bits per heavy atom. The predicted octanol–water partition coefficient (Wildman–Crippen LogP) is 3.43. The van der Waals surface area contributed by atoms with E-state index in [2.05, 4.69) is 25.6 Å². The Morgan fingerprint density at radius 2 is 2.02 bits per heavy atom. The van der Waals surface area contributed by atoms with Crippen molar-refractivity contribution in [2.75, 3.05) is 43.6 Å². The number of hydrogen-bond donors (Lipinski definition) is 3. The van der Waals surface area contributed by atoms with Gasteiger partial charge in [0.1, 0.15) is 11.9 Å². The molecule has 1 saturated heterocycles. The van der Waals surface area contributed by atoms with Crippen LogP contribution < -0.4 is 15.5 Å². The first-order valence-electron chi connectivity index (χ1n) is 14.2. The second kappa shape index (κ2) is 13.0. The molecule has 2 aliphatic heterocycles. The standard InChI is InChI=1S/C30H36ClN7O4/c1-4-37(3)26-14-19(7-10-32-26)25(17-39)35-28(40)18(2)38-16-21-6-5-20(13-23(21)29(38)41)27-24(31)15-33-30(36-27)34-22-8-11-42-12-9-22/h5-7,10,13-15,18,22,25,39H,4,8-9,11-12,16-17H2,1-3H3,(H,35,40)(H,33,34,36)/t18-,25-/m1/s1. The lowest BCUT2D eigenvalue weighted by atomic mass is 10.0. The third kappa shape index (κ3) is 6.33. The number of halogens is 1. The second-order valence-corrected chi connectivity index (χ2v) is 11.0. The summed E-state index contributed by atoms with van der Waals surface area (Å²) in [5.41, 5.74) is 3.26. The van der Waals surface area contributed by atoms with E-state index in [0.717, 1.165) is 36.3 Å². The number of nitrogens with zero attached hydrogens (tertiary/aromatic N) is 5. The number of fused-ring (bicyclic) bond motifs is 1. The van der Waals surface area contributed by atoms with Crippen LogP contribution >= 0.6 is 11.6 Å². The van der Waals surface area contributed by atoms with Gasteiger partial charge in [-0.25, -0.2) is 15.0 Å². The molecule has 0 aliphatic carbocycles. The summed E-state index contributed by atoms with van der Waals surface area (Å²) in [4.78, 5) is 43.6. The van der Waals surface area contributed by atoms with Crippen LogP contribution in [0.5, 0.6) is 0 Å². The van der Waals surface area contributed by atoms with Gasteiger partial charge in [0, 0.05) is 56.7 Å². The van der Waals surface area contributed by atoms with Crippen molar-refractivity contribution in [1.29, 1.82) is 0 Å². The topological polar surface area (TPSA) is 133 Å². The highest BCUT2D eigenvalue weighted by Gasteiger charge is 2.35. The molecule has 12 heteroatoms. The number of hydrogen-bond acceptors (Lipinski definition) is 9. The average molecular weight is 594 g/mol. The zero-order valence-corrected chi connectivity index (χ0v) is 24.8. The van der Waals surface area contributed by atoms with Crippen LogP contribution in [0, 0.1) is 0 Å². The van der Waals surface area contributed by atoms with Crippen LogP contribution in [0.15, 0.2) is 42.7 Å². The summed E-state index contributed by atoms with van der Waals surface area (Å²) < 4.78 is 5.43. The summed E-state index contributed by atoms with van der Waals surface area (Å²) in [6, 6.07) is 7.95. The van der Waals surface area contributed by atoms with Gasteiger partial charge in [0.2, 0.25) is 11.9 Å². The highest BCUT2D eigenvalue weighted by Crippen LogP contribution is 2.32. The molecule has 222 valence electrons. The zero-order chi connectivity index (χ0) is 29.8. The van der Waals surface area contributed by atoms with Gasteiger partial charge in [-0.15, -0.1) is 0 Å². The Hall–Kier alpha value is -3.80. The first-order valence-corrected chi connectivity index (χ1v) is 14.6. The van der Waals surface area contributed by atoms with Crippen molar-refractivity contribution >= 4 is 35.2 Å². The molecule has 3 aromatic rings. The maximum absolute atomic E-state index is 13.5. The van der Waals surface area contributed by atoms with E-state index in [0.29, 0.717) is 47.6 Å². The molecule has 1 aromatic carbocycles. The Kier molecular flexibility index (Phi) is 9.20. The summed E-state index contributed by atoms with van der Waals surface area (Å²) in [7, 11) is 1.92. The van der Waals surface area contributed by atoms with Crippen molar-refractivity contribution < 1.29 is 19.4 Å². The fourth-order valence-electron chi connectivity index (χ4n) is 5.14. The Morgan fingerprint density at radius 3 is 2.76 bits per heavy atom. The molecule has 2 aliphatic rings. The van der Waals surface area contributed by atoms with Crippen molar-refractivity contribution in [3.8, 4) is 11.3 Å². The fourth-order valence-corrected chi connectivity index (χ4v) is 5.34. The van der Waals surface area contributed by atoms with Gasteiger partial charge in [0.05, 0.1) is 29.6 Å². The number of nitrogens with one attached hydrogen (secondary N) is 2. The molecule has 2 aromatic heterocycles. The maximum Gasteiger partial charge on any atom is 0.255 e. The summed E-state index contributed by atoms with van der Waals surface area (Å²) in [6.07, 6.45) is 4.95. The highest BCUT2D eigenvalue weighted by molar-refractivity contribution is 6.33. The summed E-state index contributed by atoms with van der Waals surface area (Å²) in [6.45, 7) is 5.86. The van der Waals surface area contributed by atoms with E-state index in [-0.39, 0.29) is 24.5 Å². The number of amides is 2. The van der Waals surface area contributed by atoms with Gasteiger partial charge in [-0.05, 0) is 56.0 Å². The number of carbonyl (C=O) groups excluding carboxylic acids is 2. The lowest BCUT2D eigenvalue weighted by Crippen LogP contribution is -2.46. The average Bonchev–Trinajstić information content (AvgIpc) is 3.35. The van der Waals surface area contributed by atoms with Crippen LogP contribution in [-0.2, 0) is 16.1 Å². The molecular weight excluding hydrogens is 558 g/mol. The van der Waals surface area contributed by atoms with Crippen LogP contribution in [0.1, 0.15) is 54.2 Å². The molecule has 5 rings (SSSR count). The minimum Gasteiger partial charge on any atom is -0.394 e. The van der Waals surface area contributed by atoms with E-state index in [4.69, 9.17) is 16.3 Å². The zero-order valence-electron chi connectivity index (χ0n) is 24.0. The second-order valence-electron chi connectivity index (χ2n) is 10.6. The lowest BCUT2D eigenvalue weighted by Gasteiger charge is -2.26. The number of rotatable bonds is 10. The van der Waals surface area contributed by atoms with Gasteiger partial charge >= 0.3 is 0 Å². The van der Waals surface area contributed by atoms with Gasteiger partial charge in [0.15, 0.2) is 0 Å². The highest BCUT2D eigenvalue weighted by atomic mass is 35.5. The first kappa shape index (κ1) is 29.7. The molecule has 0 bridgehead atoms. The van der Waals surface area contributed by atoms with Gasteiger partial charge in [-0.3, -0.25) is 9.59 Å². The van der Waals surface area contributed by atoms with Crippen molar-refractivity contribution in [2.24, 2.45) is 0 Å². The monoisotopic (exact) mass is 593 g/mol. The van der Waals surface area contributed by atoms with Crippen molar-refractivity contribution in [1.82, 2.24) is 25.2 Å². The fraction of sp³-hybridized carbons (Fsp3) is 0.433.